The molecule has 25 heavy (non-hydrogen) atoms. The van der Waals surface area contributed by atoms with Crippen LogP contribution in [0.1, 0.15) is 45.6 Å². The van der Waals surface area contributed by atoms with Crippen LogP contribution in [-0.2, 0) is 4.74 Å². The first kappa shape index (κ1) is 17.1. The maximum Gasteiger partial charge on any atom is 0.277 e. The molecule has 0 saturated carbocycles. The van der Waals surface area contributed by atoms with Crippen LogP contribution in [0.2, 0.25) is 0 Å². The Labute approximate surface area is 145 Å². The van der Waals surface area contributed by atoms with Gasteiger partial charge in [0, 0.05) is 45.1 Å². The van der Waals surface area contributed by atoms with Gasteiger partial charge in [-0.15, -0.1) is 0 Å². The number of hydrogen-bond donors (Lipinski definition) is 1. The first-order valence-corrected chi connectivity index (χ1v) is 8.07. The third kappa shape index (κ3) is 4.03. The van der Waals surface area contributed by atoms with E-state index in [0.29, 0.717) is 24.8 Å². The molecule has 0 aromatic carbocycles. The summed E-state index contributed by atoms with van der Waals surface area (Å²) in [4.78, 5) is 34.0. The van der Waals surface area contributed by atoms with Gasteiger partial charge in [0.05, 0.1) is 0 Å². The molecule has 1 aliphatic rings. The minimum Gasteiger partial charge on any atom is -0.448 e. The van der Waals surface area contributed by atoms with Crippen molar-refractivity contribution in [3.05, 3.63) is 41.9 Å². The molecule has 0 radical (unpaired) electrons. The molecule has 2 aromatic rings. The fourth-order valence-electron chi connectivity index (χ4n) is 2.57. The molecule has 1 N–H and O–H groups in total. The number of aromatic nitrogens is 2. The summed E-state index contributed by atoms with van der Waals surface area (Å²) in [7, 11) is 3.28. The summed E-state index contributed by atoms with van der Waals surface area (Å²) in [5.41, 5.74) is 0.936. The zero-order chi connectivity index (χ0) is 17.8. The number of hydrogen-bond acceptors (Lipinski definition) is 6. The number of anilines is 1. The van der Waals surface area contributed by atoms with E-state index in [2.05, 4.69) is 15.3 Å². The zero-order valence-electron chi connectivity index (χ0n) is 14.2. The molecule has 132 valence electrons. The maximum absolute atomic E-state index is 12.4. The number of amides is 2. The van der Waals surface area contributed by atoms with E-state index >= 15 is 0 Å². The Kier molecular flexibility index (Phi) is 5.08. The van der Waals surface area contributed by atoms with E-state index in [9.17, 15) is 9.59 Å². The first-order chi connectivity index (χ1) is 12.0. The quantitative estimate of drug-likeness (QED) is 0.910. The highest BCUT2D eigenvalue weighted by molar-refractivity contribution is 6.03. The van der Waals surface area contributed by atoms with Gasteiger partial charge >= 0.3 is 0 Å². The van der Waals surface area contributed by atoms with Crippen LogP contribution < -0.4 is 5.32 Å². The predicted molar refractivity (Wildman–Crippen MR) is 89.5 cm³/mol. The molecule has 3 rings (SSSR count). The molecule has 0 aliphatic carbocycles. The Balaban J connectivity index is 1.69. The molecule has 1 saturated heterocycles. The van der Waals surface area contributed by atoms with Gasteiger partial charge in [-0.25, -0.2) is 4.98 Å². The van der Waals surface area contributed by atoms with Gasteiger partial charge in [-0.3, -0.25) is 14.6 Å². The number of rotatable bonds is 4. The summed E-state index contributed by atoms with van der Waals surface area (Å²) < 4.78 is 10.8. The monoisotopic (exact) mass is 344 g/mol. The lowest BCUT2D eigenvalue weighted by molar-refractivity contribution is 0.0794. The first-order valence-electron chi connectivity index (χ1n) is 8.07. The average molecular weight is 344 g/mol. The molecule has 0 spiro atoms. The molecule has 8 heteroatoms. The maximum atomic E-state index is 12.4. The Morgan fingerprint density at radius 2 is 2.00 bits per heavy atom. The normalized spacial score (nSPS) is 15.0. The Bertz CT molecular complexity index is 766. The van der Waals surface area contributed by atoms with Crippen molar-refractivity contribution in [1.29, 1.82) is 0 Å². The second-order valence-electron chi connectivity index (χ2n) is 6.04. The molecular formula is C17H20N4O4. The fourth-order valence-corrected chi connectivity index (χ4v) is 2.57. The molecule has 0 unspecified atom stereocenters. The molecule has 1 aliphatic heterocycles. The van der Waals surface area contributed by atoms with Gasteiger partial charge in [0.2, 0.25) is 0 Å². The van der Waals surface area contributed by atoms with Gasteiger partial charge in [-0.1, -0.05) is 0 Å². The lowest BCUT2D eigenvalue weighted by Crippen LogP contribution is -2.23. The number of pyridine rings is 1. The van der Waals surface area contributed by atoms with E-state index in [1.165, 1.54) is 23.4 Å². The van der Waals surface area contributed by atoms with Crippen molar-refractivity contribution in [1.82, 2.24) is 14.9 Å². The molecule has 0 atom stereocenters. The summed E-state index contributed by atoms with van der Waals surface area (Å²) in [6, 6.07) is 3.14. The SMILES string of the molecule is CN(C)C(=O)c1cc(NC(=O)c2coc(C3CCOCC3)n2)ccn1. The third-order valence-electron chi connectivity index (χ3n) is 3.97. The Morgan fingerprint density at radius 3 is 2.72 bits per heavy atom. The van der Waals surface area contributed by atoms with E-state index in [0.717, 1.165) is 12.8 Å². The van der Waals surface area contributed by atoms with Crippen molar-refractivity contribution in [2.24, 2.45) is 0 Å². The molecule has 2 amide bonds. The highest BCUT2D eigenvalue weighted by Crippen LogP contribution is 2.26. The molecule has 8 nitrogen and oxygen atoms in total. The van der Waals surface area contributed by atoms with Gasteiger partial charge in [0.25, 0.3) is 11.8 Å². The van der Waals surface area contributed by atoms with Crippen LogP contribution in [0.5, 0.6) is 0 Å². The minimum absolute atomic E-state index is 0.181. The molecule has 2 aromatic heterocycles. The largest absolute Gasteiger partial charge is 0.448 e. The molecular weight excluding hydrogens is 324 g/mol. The van der Waals surface area contributed by atoms with Gasteiger partial charge in [-0.05, 0) is 25.0 Å². The lowest BCUT2D eigenvalue weighted by atomic mass is 10.0. The van der Waals surface area contributed by atoms with Crippen molar-refractivity contribution in [3.63, 3.8) is 0 Å². The molecule has 1 fully saturated rings. The van der Waals surface area contributed by atoms with Gasteiger partial charge in [0.15, 0.2) is 11.6 Å². The fraction of sp³-hybridized carbons (Fsp3) is 0.412. The Morgan fingerprint density at radius 1 is 1.24 bits per heavy atom. The smallest absolute Gasteiger partial charge is 0.277 e. The summed E-state index contributed by atoms with van der Waals surface area (Å²) in [6.07, 6.45) is 4.50. The van der Waals surface area contributed by atoms with Crippen LogP contribution in [0.25, 0.3) is 0 Å². The van der Waals surface area contributed by atoms with E-state index in [1.807, 2.05) is 0 Å². The third-order valence-corrected chi connectivity index (χ3v) is 3.97. The van der Waals surface area contributed by atoms with Crippen LogP contribution in [0.4, 0.5) is 5.69 Å². The summed E-state index contributed by atoms with van der Waals surface area (Å²) in [5.74, 6) is 0.114. The zero-order valence-corrected chi connectivity index (χ0v) is 14.2. The highest BCUT2D eigenvalue weighted by Gasteiger charge is 2.22. The topological polar surface area (TPSA) is 97.6 Å². The summed E-state index contributed by atoms with van der Waals surface area (Å²) in [6.45, 7) is 1.35. The molecule has 0 bridgehead atoms. The van der Waals surface area contributed by atoms with E-state index in [4.69, 9.17) is 9.15 Å². The van der Waals surface area contributed by atoms with Gasteiger partial charge in [-0.2, -0.15) is 0 Å². The van der Waals surface area contributed by atoms with E-state index in [-0.39, 0.29) is 23.2 Å². The van der Waals surface area contributed by atoms with Gasteiger partial charge < -0.3 is 19.4 Å². The van der Waals surface area contributed by atoms with Crippen LogP contribution in [0, 0.1) is 0 Å². The van der Waals surface area contributed by atoms with Crippen molar-refractivity contribution in [2.75, 3.05) is 32.6 Å². The number of carbonyl (C=O) groups is 2. The number of oxazole rings is 1. The summed E-state index contributed by atoms with van der Waals surface area (Å²) >= 11 is 0. The van der Waals surface area contributed by atoms with E-state index < -0.39 is 5.91 Å². The highest BCUT2D eigenvalue weighted by atomic mass is 16.5. The Hall–Kier alpha value is -2.74. The van der Waals surface area contributed by atoms with Crippen molar-refractivity contribution in [2.45, 2.75) is 18.8 Å². The van der Waals surface area contributed by atoms with Crippen LogP contribution in [0.15, 0.2) is 29.0 Å². The summed E-state index contributed by atoms with van der Waals surface area (Å²) in [5, 5.41) is 2.71. The van der Waals surface area contributed by atoms with Gasteiger partial charge in [0.1, 0.15) is 12.0 Å². The molecule has 3 heterocycles. The second kappa shape index (κ2) is 7.43. The second-order valence-corrected chi connectivity index (χ2v) is 6.04. The van der Waals surface area contributed by atoms with E-state index in [1.54, 1.807) is 20.2 Å². The average Bonchev–Trinajstić information content (AvgIpc) is 3.12. The van der Waals surface area contributed by atoms with Crippen molar-refractivity contribution < 1.29 is 18.7 Å². The van der Waals surface area contributed by atoms with Crippen LogP contribution in [-0.4, -0.2) is 54.0 Å². The van der Waals surface area contributed by atoms with Crippen molar-refractivity contribution in [3.8, 4) is 0 Å². The number of carbonyl (C=O) groups excluding carboxylic acids is 2. The number of ether oxygens (including phenoxy) is 1. The number of nitrogens with one attached hydrogen (secondary N) is 1. The van der Waals surface area contributed by atoms with Crippen LogP contribution >= 0.6 is 0 Å². The standard InChI is InChI=1S/C17H20N4O4/c1-21(2)17(23)13-9-12(3-6-18-13)19-15(22)14-10-25-16(20-14)11-4-7-24-8-5-11/h3,6,9-11H,4-5,7-8H2,1-2H3,(H,18,19,22). The van der Waals surface area contributed by atoms with Crippen LogP contribution in [0.3, 0.4) is 0 Å². The lowest BCUT2D eigenvalue weighted by Gasteiger charge is -2.18. The number of nitrogens with zero attached hydrogens (tertiary/aromatic N) is 3. The predicted octanol–water partition coefficient (Wildman–Crippen LogP) is 1.92. The minimum atomic E-state index is -0.392. The van der Waals surface area contributed by atoms with Crippen molar-refractivity contribution >= 4 is 17.5 Å².